The summed E-state index contributed by atoms with van der Waals surface area (Å²) in [5.41, 5.74) is 2.37. The summed E-state index contributed by atoms with van der Waals surface area (Å²) in [6.45, 7) is 7.58. The molecule has 84 valence electrons. The molecule has 16 heavy (non-hydrogen) atoms. The molecular formula is C14H16O2. The summed E-state index contributed by atoms with van der Waals surface area (Å²) in [4.78, 5) is 11.9. The van der Waals surface area contributed by atoms with Gasteiger partial charge in [0.2, 0.25) is 0 Å². The third-order valence-electron chi connectivity index (χ3n) is 2.87. The van der Waals surface area contributed by atoms with Gasteiger partial charge in [-0.3, -0.25) is 4.79 Å². The number of carbonyl (C=O) groups is 1. The van der Waals surface area contributed by atoms with Gasteiger partial charge in [0, 0.05) is 5.56 Å². The molecule has 1 aliphatic heterocycles. The fourth-order valence-electron chi connectivity index (χ4n) is 1.81. The SMILES string of the molecule is CC1=CC(=O)C(C)(C)Oc2ccc(C)cc21. The second-order valence-corrected chi connectivity index (χ2v) is 4.80. The molecular weight excluding hydrogens is 200 g/mol. The van der Waals surface area contributed by atoms with Crippen LogP contribution in [-0.4, -0.2) is 11.4 Å². The van der Waals surface area contributed by atoms with Crippen LogP contribution >= 0.6 is 0 Å². The standard InChI is InChI=1S/C14H16O2/c1-9-5-6-12-11(7-9)10(2)8-13(15)14(3,4)16-12/h5-8H,1-4H3. The summed E-state index contributed by atoms with van der Waals surface area (Å²) in [6, 6.07) is 5.98. The molecule has 0 bridgehead atoms. The summed E-state index contributed by atoms with van der Waals surface area (Å²) in [5, 5.41) is 0. The van der Waals surface area contributed by atoms with Crippen molar-refractivity contribution in [3.63, 3.8) is 0 Å². The van der Waals surface area contributed by atoms with Crippen molar-refractivity contribution < 1.29 is 9.53 Å². The molecule has 0 aromatic heterocycles. The molecule has 0 fully saturated rings. The molecule has 2 rings (SSSR count). The Balaban J connectivity index is 2.62. The number of ether oxygens (including phenoxy) is 1. The summed E-state index contributed by atoms with van der Waals surface area (Å²) in [7, 11) is 0. The largest absolute Gasteiger partial charge is 0.479 e. The van der Waals surface area contributed by atoms with Crippen LogP contribution in [0.1, 0.15) is 31.9 Å². The second-order valence-electron chi connectivity index (χ2n) is 4.80. The van der Waals surface area contributed by atoms with Crippen molar-refractivity contribution in [2.45, 2.75) is 33.3 Å². The van der Waals surface area contributed by atoms with Crippen molar-refractivity contribution in [1.82, 2.24) is 0 Å². The van der Waals surface area contributed by atoms with Gasteiger partial charge in [-0.25, -0.2) is 0 Å². The lowest BCUT2D eigenvalue weighted by atomic mass is 10.0. The number of ketones is 1. The number of benzene rings is 1. The molecule has 2 heteroatoms. The van der Waals surface area contributed by atoms with Crippen LogP contribution in [0.25, 0.3) is 5.57 Å². The van der Waals surface area contributed by atoms with Gasteiger partial charge in [0.15, 0.2) is 11.4 Å². The van der Waals surface area contributed by atoms with Crippen molar-refractivity contribution in [2.75, 3.05) is 0 Å². The highest BCUT2D eigenvalue weighted by molar-refractivity contribution is 6.03. The van der Waals surface area contributed by atoms with Crippen LogP contribution in [0.5, 0.6) is 5.75 Å². The lowest BCUT2D eigenvalue weighted by Gasteiger charge is -2.22. The van der Waals surface area contributed by atoms with E-state index >= 15 is 0 Å². The Morgan fingerprint density at radius 3 is 2.56 bits per heavy atom. The zero-order valence-corrected chi connectivity index (χ0v) is 10.1. The molecule has 0 spiro atoms. The minimum absolute atomic E-state index is 0.0128. The third-order valence-corrected chi connectivity index (χ3v) is 2.87. The molecule has 0 aliphatic carbocycles. The van der Waals surface area contributed by atoms with E-state index in [4.69, 9.17) is 4.74 Å². The maximum atomic E-state index is 11.9. The Hall–Kier alpha value is -1.57. The number of rotatable bonds is 0. The van der Waals surface area contributed by atoms with Crippen LogP contribution in [-0.2, 0) is 4.79 Å². The van der Waals surface area contributed by atoms with Crippen LogP contribution in [0.15, 0.2) is 24.3 Å². The van der Waals surface area contributed by atoms with Crippen LogP contribution in [0.4, 0.5) is 0 Å². The van der Waals surface area contributed by atoms with Gasteiger partial charge in [-0.15, -0.1) is 0 Å². The van der Waals surface area contributed by atoms with E-state index in [1.165, 1.54) is 5.56 Å². The molecule has 0 saturated heterocycles. The van der Waals surface area contributed by atoms with E-state index in [-0.39, 0.29) is 5.78 Å². The number of fused-ring (bicyclic) bond motifs is 1. The quantitative estimate of drug-likeness (QED) is 0.666. The monoisotopic (exact) mass is 216 g/mol. The highest BCUT2D eigenvalue weighted by Gasteiger charge is 2.31. The fourth-order valence-corrected chi connectivity index (χ4v) is 1.81. The van der Waals surface area contributed by atoms with Gasteiger partial charge < -0.3 is 4.74 Å². The Bertz CT molecular complexity index is 482. The number of allylic oxidation sites excluding steroid dienone is 1. The maximum absolute atomic E-state index is 11.9. The van der Waals surface area contributed by atoms with Crippen LogP contribution in [0.3, 0.4) is 0 Å². The van der Waals surface area contributed by atoms with E-state index in [9.17, 15) is 4.79 Å². The minimum Gasteiger partial charge on any atom is -0.479 e. The Labute approximate surface area is 95.9 Å². The molecule has 2 nitrogen and oxygen atoms in total. The van der Waals surface area contributed by atoms with Gasteiger partial charge >= 0.3 is 0 Å². The van der Waals surface area contributed by atoms with Gasteiger partial charge in [0.25, 0.3) is 0 Å². The number of hydrogen-bond acceptors (Lipinski definition) is 2. The summed E-state index contributed by atoms with van der Waals surface area (Å²) >= 11 is 0. The normalized spacial score (nSPS) is 18.2. The maximum Gasteiger partial charge on any atom is 0.198 e. The summed E-state index contributed by atoms with van der Waals surface area (Å²) < 4.78 is 5.78. The van der Waals surface area contributed by atoms with Crippen molar-refractivity contribution in [1.29, 1.82) is 0 Å². The topological polar surface area (TPSA) is 26.3 Å². The molecule has 1 aromatic carbocycles. The molecule has 0 N–H and O–H groups in total. The lowest BCUT2D eigenvalue weighted by molar-refractivity contribution is -0.126. The molecule has 0 atom stereocenters. The first kappa shape index (κ1) is 10.9. The van der Waals surface area contributed by atoms with Gasteiger partial charge in [-0.1, -0.05) is 11.6 Å². The predicted octanol–water partition coefficient (Wildman–Crippen LogP) is 3.14. The smallest absolute Gasteiger partial charge is 0.198 e. The van der Waals surface area contributed by atoms with E-state index < -0.39 is 5.60 Å². The minimum atomic E-state index is -0.776. The Morgan fingerprint density at radius 2 is 1.88 bits per heavy atom. The second kappa shape index (κ2) is 3.48. The van der Waals surface area contributed by atoms with Crippen LogP contribution in [0.2, 0.25) is 0 Å². The van der Waals surface area contributed by atoms with Crippen molar-refractivity contribution >= 4 is 11.4 Å². The molecule has 1 heterocycles. The Morgan fingerprint density at radius 1 is 1.19 bits per heavy atom. The van der Waals surface area contributed by atoms with E-state index in [0.29, 0.717) is 0 Å². The average Bonchev–Trinajstić information content (AvgIpc) is 2.26. The number of aryl methyl sites for hydroxylation is 1. The zero-order chi connectivity index (χ0) is 11.9. The predicted molar refractivity (Wildman–Crippen MR) is 64.5 cm³/mol. The molecule has 0 amide bonds. The first-order valence-corrected chi connectivity index (χ1v) is 5.43. The zero-order valence-electron chi connectivity index (χ0n) is 10.1. The highest BCUT2D eigenvalue weighted by atomic mass is 16.5. The summed E-state index contributed by atoms with van der Waals surface area (Å²) in [6.07, 6.45) is 1.67. The van der Waals surface area contributed by atoms with Gasteiger partial charge in [-0.2, -0.15) is 0 Å². The lowest BCUT2D eigenvalue weighted by Crippen LogP contribution is -2.36. The van der Waals surface area contributed by atoms with Crippen LogP contribution < -0.4 is 4.74 Å². The van der Waals surface area contributed by atoms with Crippen molar-refractivity contribution in [2.24, 2.45) is 0 Å². The molecule has 0 unspecified atom stereocenters. The molecule has 0 radical (unpaired) electrons. The van der Waals surface area contributed by atoms with Gasteiger partial charge in [0.05, 0.1) is 0 Å². The van der Waals surface area contributed by atoms with Crippen molar-refractivity contribution in [3.05, 3.63) is 35.4 Å². The Kier molecular flexibility index (Phi) is 2.38. The molecule has 1 aliphatic rings. The highest BCUT2D eigenvalue weighted by Crippen LogP contribution is 2.33. The van der Waals surface area contributed by atoms with Gasteiger partial charge in [-0.05, 0) is 51.5 Å². The van der Waals surface area contributed by atoms with E-state index in [2.05, 4.69) is 6.07 Å². The van der Waals surface area contributed by atoms with Crippen LogP contribution in [0, 0.1) is 6.92 Å². The molecule has 1 aromatic rings. The average molecular weight is 216 g/mol. The molecule has 0 saturated carbocycles. The first-order valence-electron chi connectivity index (χ1n) is 5.43. The van der Waals surface area contributed by atoms with E-state index in [1.54, 1.807) is 19.9 Å². The number of carbonyl (C=O) groups excluding carboxylic acids is 1. The van der Waals surface area contributed by atoms with Gasteiger partial charge in [0.1, 0.15) is 5.75 Å². The first-order chi connectivity index (χ1) is 7.40. The number of hydrogen-bond donors (Lipinski definition) is 0. The fraction of sp³-hybridized carbons (Fsp3) is 0.357. The van der Waals surface area contributed by atoms with E-state index in [0.717, 1.165) is 16.9 Å². The third kappa shape index (κ3) is 1.75. The van der Waals surface area contributed by atoms with Crippen molar-refractivity contribution in [3.8, 4) is 5.75 Å². The summed E-state index contributed by atoms with van der Waals surface area (Å²) in [5.74, 6) is 0.800. The van der Waals surface area contributed by atoms with E-state index in [1.807, 2.05) is 26.0 Å².